The van der Waals surface area contributed by atoms with Gasteiger partial charge in [0, 0.05) is 6.07 Å². The number of nitrogens with zero attached hydrogens (tertiary/aromatic N) is 1. The van der Waals surface area contributed by atoms with Gasteiger partial charge in [0.1, 0.15) is 5.69 Å². The molecule has 0 radical (unpaired) electrons. The summed E-state index contributed by atoms with van der Waals surface area (Å²) in [6.45, 7) is 4.97. The molecule has 0 saturated heterocycles. The Morgan fingerprint density at radius 1 is 1.60 bits per heavy atom. The van der Waals surface area contributed by atoms with E-state index in [4.69, 9.17) is 0 Å². The number of aryl methyl sites for hydroxylation is 1. The van der Waals surface area contributed by atoms with Gasteiger partial charge in [-0.1, -0.05) is 18.7 Å². The first kappa shape index (κ1) is 10.9. The molecule has 0 fully saturated rings. The second-order valence-electron chi connectivity index (χ2n) is 2.92. The maximum Gasteiger partial charge on any atom is 0.293 e. The molecule has 1 amide bonds. The lowest BCUT2D eigenvalue weighted by Crippen LogP contribution is -2.10. The van der Waals surface area contributed by atoms with E-state index in [0.29, 0.717) is 5.56 Å². The summed E-state index contributed by atoms with van der Waals surface area (Å²) in [7, 11) is 0. The number of carbonyl (C=O) groups excluding carboxylic acids is 1. The van der Waals surface area contributed by atoms with Crippen LogP contribution >= 0.6 is 0 Å². The molecule has 5 heteroatoms. The Morgan fingerprint density at radius 2 is 2.27 bits per heavy atom. The Kier molecular flexibility index (Phi) is 3.17. The number of nitro benzene ring substituents is 1. The zero-order chi connectivity index (χ0) is 11.4. The fourth-order valence-corrected chi connectivity index (χ4v) is 1.14. The number of nitro groups is 1. The maximum atomic E-state index is 11.1. The molecular weight excluding hydrogens is 196 g/mol. The van der Waals surface area contributed by atoms with Crippen molar-refractivity contribution >= 4 is 17.3 Å². The fraction of sp³-hybridized carbons (Fsp3) is 0.100. The third-order valence-electron chi connectivity index (χ3n) is 1.88. The van der Waals surface area contributed by atoms with Crippen LogP contribution in [0.1, 0.15) is 5.56 Å². The van der Waals surface area contributed by atoms with E-state index in [-0.39, 0.29) is 11.4 Å². The summed E-state index contributed by atoms with van der Waals surface area (Å²) in [4.78, 5) is 21.2. The molecular formula is C10H10N2O3. The van der Waals surface area contributed by atoms with E-state index in [0.717, 1.165) is 6.08 Å². The molecule has 0 aliphatic heterocycles. The molecule has 5 nitrogen and oxygen atoms in total. The lowest BCUT2D eigenvalue weighted by atomic mass is 10.1. The number of nitrogens with one attached hydrogen (secondary N) is 1. The Labute approximate surface area is 86.6 Å². The summed E-state index contributed by atoms with van der Waals surface area (Å²) in [5.41, 5.74) is 0.733. The van der Waals surface area contributed by atoms with Crippen molar-refractivity contribution in [3.8, 4) is 0 Å². The van der Waals surface area contributed by atoms with Gasteiger partial charge in [-0.2, -0.15) is 0 Å². The molecule has 0 bridgehead atoms. The topological polar surface area (TPSA) is 72.2 Å². The number of hydrogen-bond donors (Lipinski definition) is 1. The summed E-state index contributed by atoms with van der Waals surface area (Å²) in [6.07, 6.45) is 1.07. The zero-order valence-electron chi connectivity index (χ0n) is 8.19. The average Bonchev–Trinajstić information content (AvgIpc) is 2.20. The predicted molar refractivity (Wildman–Crippen MR) is 56.7 cm³/mol. The van der Waals surface area contributed by atoms with Crippen LogP contribution in [0.15, 0.2) is 30.9 Å². The highest BCUT2D eigenvalue weighted by atomic mass is 16.6. The van der Waals surface area contributed by atoms with Crippen molar-refractivity contribution in [2.24, 2.45) is 0 Å². The first-order chi connectivity index (χ1) is 7.06. The van der Waals surface area contributed by atoms with Crippen LogP contribution in [0.5, 0.6) is 0 Å². The molecule has 0 aliphatic carbocycles. The molecule has 15 heavy (non-hydrogen) atoms. The lowest BCUT2D eigenvalue weighted by molar-refractivity contribution is -0.384. The van der Waals surface area contributed by atoms with Gasteiger partial charge in [-0.25, -0.2) is 0 Å². The Bertz CT molecular complexity index is 427. The third kappa shape index (κ3) is 2.40. The largest absolute Gasteiger partial charge is 0.317 e. The number of anilines is 1. The van der Waals surface area contributed by atoms with Crippen LogP contribution in [0.3, 0.4) is 0 Å². The van der Waals surface area contributed by atoms with Crippen molar-refractivity contribution in [3.63, 3.8) is 0 Å². The van der Waals surface area contributed by atoms with E-state index in [1.54, 1.807) is 19.1 Å². The smallest absolute Gasteiger partial charge is 0.293 e. The van der Waals surface area contributed by atoms with Crippen LogP contribution in [0, 0.1) is 17.0 Å². The van der Waals surface area contributed by atoms with Gasteiger partial charge in [-0.05, 0) is 18.6 Å². The SMILES string of the molecule is C=CC(=O)Nc1c(C)cccc1[N+](=O)[O-]. The van der Waals surface area contributed by atoms with Gasteiger partial charge in [-0.15, -0.1) is 0 Å². The Morgan fingerprint density at radius 3 is 2.80 bits per heavy atom. The third-order valence-corrected chi connectivity index (χ3v) is 1.88. The van der Waals surface area contributed by atoms with Crippen LogP contribution in [-0.2, 0) is 4.79 Å². The highest BCUT2D eigenvalue weighted by molar-refractivity contribution is 6.01. The minimum atomic E-state index is -0.536. The highest BCUT2D eigenvalue weighted by Crippen LogP contribution is 2.27. The van der Waals surface area contributed by atoms with Crippen molar-refractivity contribution in [2.45, 2.75) is 6.92 Å². The van der Waals surface area contributed by atoms with E-state index < -0.39 is 10.8 Å². The summed E-state index contributed by atoms with van der Waals surface area (Å²) in [5.74, 6) is -0.465. The molecule has 0 aliphatic rings. The van der Waals surface area contributed by atoms with Gasteiger partial charge in [-0.3, -0.25) is 14.9 Å². The average molecular weight is 206 g/mol. The standard InChI is InChI=1S/C10H10N2O3/c1-3-9(13)11-10-7(2)5-4-6-8(10)12(14)15/h3-6H,1H2,2H3,(H,11,13). The molecule has 1 aromatic carbocycles. The fourth-order valence-electron chi connectivity index (χ4n) is 1.14. The maximum absolute atomic E-state index is 11.1. The van der Waals surface area contributed by atoms with Gasteiger partial charge in [0.15, 0.2) is 0 Å². The van der Waals surface area contributed by atoms with Crippen molar-refractivity contribution in [3.05, 3.63) is 46.5 Å². The second kappa shape index (κ2) is 4.36. The van der Waals surface area contributed by atoms with Crippen molar-refractivity contribution < 1.29 is 9.72 Å². The van der Waals surface area contributed by atoms with Gasteiger partial charge in [0.05, 0.1) is 4.92 Å². The lowest BCUT2D eigenvalue weighted by Gasteiger charge is -2.06. The van der Waals surface area contributed by atoms with E-state index in [1.807, 2.05) is 0 Å². The van der Waals surface area contributed by atoms with E-state index in [9.17, 15) is 14.9 Å². The first-order valence-corrected chi connectivity index (χ1v) is 4.23. The molecule has 0 atom stereocenters. The molecule has 0 spiro atoms. The normalized spacial score (nSPS) is 9.40. The van der Waals surface area contributed by atoms with Crippen molar-refractivity contribution in [1.29, 1.82) is 0 Å². The molecule has 1 N–H and O–H groups in total. The first-order valence-electron chi connectivity index (χ1n) is 4.23. The number of hydrogen-bond acceptors (Lipinski definition) is 3. The van der Waals surface area contributed by atoms with Gasteiger partial charge < -0.3 is 5.32 Å². The van der Waals surface area contributed by atoms with Crippen LogP contribution in [-0.4, -0.2) is 10.8 Å². The Balaban J connectivity index is 3.18. The minimum absolute atomic E-state index is 0.120. The van der Waals surface area contributed by atoms with Gasteiger partial charge in [0.25, 0.3) is 5.69 Å². The van der Waals surface area contributed by atoms with Crippen LogP contribution < -0.4 is 5.32 Å². The molecule has 0 saturated carbocycles. The van der Waals surface area contributed by atoms with E-state index >= 15 is 0 Å². The van der Waals surface area contributed by atoms with Crippen LogP contribution in [0.2, 0.25) is 0 Å². The summed E-state index contributed by atoms with van der Waals surface area (Å²) in [6, 6.07) is 4.59. The number of para-hydroxylation sites is 1. The number of rotatable bonds is 3. The number of amides is 1. The quantitative estimate of drug-likeness (QED) is 0.467. The van der Waals surface area contributed by atoms with E-state index in [2.05, 4.69) is 11.9 Å². The summed E-state index contributed by atoms with van der Waals surface area (Å²) < 4.78 is 0. The van der Waals surface area contributed by atoms with Crippen LogP contribution in [0.4, 0.5) is 11.4 Å². The number of carbonyl (C=O) groups is 1. The minimum Gasteiger partial charge on any atom is -0.317 e. The molecule has 0 aromatic heterocycles. The second-order valence-corrected chi connectivity index (χ2v) is 2.92. The molecule has 1 rings (SSSR count). The molecule has 78 valence electrons. The zero-order valence-corrected chi connectivity index (χ0v) is 8.19. The monoisotopic (exact) mass is 206 g/mol. The molecule has 0 heterocycles. The molecule has 1 aromatic rings. The number of benzene rings is 1. The van der Waals surface area contributed by atoms with Crippen molar-refractivity contribution in [1.82, 2.24) is 0 Å². The summed E-state index contributed by atoms with van der Waals surface area (Å²) in [5, 5.41) is 13.1. The molecule has 0 unspecified atom stereocenters. The van der Waals surface area contributed by atoms with Gasteiger partial charge in [0.2, 0.25) is 5.91 Å². The van der Waals surface area contributed by atoms with Crippen molar-refractivity contribution in [2.75, 3.05) is 5.32 Å². The van der Waals surface area contributed by atoms with Gasteiger partial charge >= 0.3 is 0 Å². The van der Waals surface area contributed by atoms with E-state index in [1.165, 1.54) is 6.07 Å². The highest BCUT2D eigenvalue weighted by Gasteiger charge is 2.16. The Hall–Kier alpha value is -2.17. The predicted octanol–water partition coefficient (Wildman–Crippen LogP) is 2.03. The summed E-state index contributed by atoms with van der Waals surface area (Å²) >= 11 is 0. The van der Waals surface area contributed by atoms with Crippen LogP contribution in [0.25, 0.3) is 0 Å².